The van der Waals surface area contributed by atoms with E-state index in [9.17, 15) is 0 Å². The van der Waals surface area contributed by atoms with Crippen molar-refractivity contribution in [3.05, 3.63) is 162 Å². The topological polar surface area (TPSA) is 3.24 Å². The van der Waals surface area contributed by atoms with Gasteiger partial charge in [-0.15, -0.1) is 0 Å². The second-order valence-electron chi connectivity index (χ2n) is 14.5. The van der Waals surface area contributed by atoms with Crippen LogP contribution in [0, 0.1) is 0 Å². The molecule has 0 fully saturated rings. The van der Waals surface area contributed by atoms with Gasteiger partial charge in [-0.1, -0.05) is 137 Å². The molecule has 0 atom stereocenters. The summed E-state index contributed by atoms with van der Waals surface area (Å²) in [5.74, 6) is 0. The first-order valence-electron chi connectivity index (χ1n) is 16.8. The molecular formula is C46H35N. The van der Waals surface area contributed by atoms with Crippen molar-refractivity contribution in [2.24, 2.45) is 0 Å². The first-order valence-corrected chi connectivity index (χ1v) is 16.8. The lowest BCUT2D eigenvalue weighted by Crippen LogP contribution is -2.18. The fraction of sp³-hybridized carbons (Fsp3) is 0.130. The molecule has 0 amide bonds. The van der Waals surface area contributed by atoms with Crippen molar-refractivity contribution in [3.63, 3.8) is 0 Å². The van der Waals surface area contributed by atoms with Crippen LogP contribution in [-0.2, 0) is 10.8 Å². The summed E-state index contributed by atoms with van der Waals surface area (Å²) in [5.41, 5.74) is 19.7. The van der Waals surface area contributed by atoms with Crippen LogP contribution in [0.5, 0.6) is 0 Å². The molecule has 1 nitrogen and oxygen atoms in total. The predicted molar refractivity (Wildman–Crippen MR) is 198 cm³/mol. The summed E-state index contributed by atoms with van der Waals surface area (Å²) < 4.78 is 0. The van der Waals surface area contributed by atoms with Gasteiger partial charge in [-0.2, -0.15) is 0 Å². The Labute approximate surface area is 276 Å². The number of rotatable bonds is 3. The van der Waals surface area contributed by atoms with Crippen LogP contribution in [0.4, 0.5) is 17.1 Å². The smallest absolute Gasteiger partial charge is 0.0546 e. The number of hydrogen-bond donors (Lipinski definition) is 0. The molecule has 0 saturated carbocycles. The van der Waals surface area contributed by atoms with Crippen molar-refractivity contribution in [2.45, 2.75) is 38.5 Å². The van der Waals surface area contributed by atoms with Crippen LogP contribution in [0.25, 0.3) is 55.3 Å². The molecule has 47 heavy (non-hydrogen) atoms. The molecule has 224 valence electrons. The molecule has 0 heterocycles. The molecule has 3 aliphatic carbocycles. The minimum Gasteiger partial charge on any atom is -0.310 e. The third-order valence-corrected chi connectivity index (χ3v) is 11.4. The van der Waals surface area contributed by atoms with E-state index in [2.05, 4.69) is 172 Å². The molecule has 0 aromatic heterocycles. The molecule has 0 N–H and O–H groups in total. The second-order valence-corrected chi connectivity index (χ2v) is 14.5. The normalized spacial score (nSPS) is 15.1. The van der Waals surface area contributed by atoms with Gasteiger partial charge in [-0.05, 0) is 102 Å². The molecular weight excluding hydrogens is 567 g/mol. The van der Waals surface area contributed by atoms with E-state index in [-0.39, 0.29) is 10.8 Å². The van der Waals surface area contributed by atoms with Gasteiger partial charge >= 0.3 is 0 Å². The van der Waals surface area contributed by atoms with Gasteiger partial charge in [0.15, 0.2) is 0 Å². The summed E-state index contributed by atoms with van der Waals surface area (Å²) in [6.07, 6.45) is 0. The first-order chi connectivity index (χ1) is 22.8. The molecule has 1 heteroatoms. The quantitative estimate of drug-likeness (QED) is 0.195. The highest BCUT2D eigenvalue weighted by atomic mass is 15.1. The highest BCUT2D eigenvalue weighted by Gasteiger charge is 2.38. The number of fused-ring (bicyclic) bond motifs is 9. The zero-order valence-electron chi connectivity index (χ0n) is 27.2. The third-order valence-electron chi connectivity index (χ3n) is 11.4. The van der Waals surface area contributed by atoms with E-state index in [1.165, 1.54) is 94.6 Å². The molecule has 3 aliphatic rings. The summed E-state index contributed by atoms with van der Waals surface area (Å²) in [7, 11) is 0. The summed E-state index contributed by atoms with van der Waals surface area (Å²) in [5, 5.41) is 2.63. The van der Waals surface area contributed by atoms with Crippen LogP contribution < -0.4 is 4.90 Å². The number of benzene rings is 7. The van der Waals surface area contributed by atoms with E-state index in [0.717, 1.165) is 0 Å². The van der Waals surface area contributed by atoms with Gasteiger partial charge in [0.25, 0.3) is 0 Å². The number of nitrogens with zero attached hydrogens (tertiary/aromatic N) is 1. The summed E-state index contributed by atoms with van der Waals surface area (Å²) >= 11 is 0. The van der Waals surface area contributed by atoms with Crippen LogP contribution in [0.1, 0.15) is 49.9 Å². The van der Waals surface area contributed by atoms with Crippen LogP contribution in [0.3, 0.4) is 0 Å². The molecule has 0 aliphatic heterocycles. The summed E-state index contributed by atoms with van der Waals surface area (Å²) in [6.45, 7) is 9.50. The minimum atomic E-state index is -0.0882. The average Bonchev–Trinajstić information content (AvgIpc) is 3.64. The minimum absolute atomic E-state index is 0.0882. The number of hydrogen-bond acceptors (Lipinski definition) is 1. The fourth-order valence-electron chi connectivity index (χ4n) is 9.08. The van der Waals surface area contributed by atoms with Crippen LogP contribution >= 0.6 is 0 Å². The SMILES string of the molecule is CC1(C)c2ccccc2-c2ccc(N(c3ccc4c(c3)C(C)(C)c3ccccc3-4)c3ccc4cccc5c4c3-c3ccccc3-5)cc21. The maximum absolute atomic E-state index is 2.53. The van der Waals surface area contributed by atoms with Gasteiger partial charge in [-0.3, -0.25) is 0 Å². The van der Waals surface area contributed by atoms with E-state index in [1.54, 1.807) is 0 Å². The monoisotopic (exact) mass is 601 g/mol. The van der Waals surface area contributed by atoms with E-state index in [4.69, 9.17) is 0 Å². The maximum Gasteiger partial charge on any atom is 0.0546 e. The Bertz CT molecular complexity index is 2370. The molecule has 7 aromatic carbocycles. The fourth-order valence-corrected chi connectivity index (χ4v) is 9.08. The highest BCUT2D eigenvalue weighted by Crippen LogP contribution is 2.56. The Morgan fingerprint density at radius 1 is 0.383 bits per heavy atom. The van der Waals surface area contributed by atoms with E-state index in [1.807, 2.05) is 0 Å². The Morgan fingerprint density at radius 3 is 1.47 bits per heavy atom. The Morgan fingerprint density at radius 2 is 0.872 bits per heavy atom. The van der Waals surface area contributed by atoms with E-state index >= 15 is 0 Å². The van der Waals surface area contributed by atoms with Gasteiger partial charge in [0.2, 0.25) is 0 Å². The molecule has 0 unspecified atom stereocenters. The van der Waals surface area contributed by atoms with Crippen LogP contribution in [0.2, 0.25) is 0 Å². The first kappa shape index (κ1) is 26.8. The van der Waals surface area contributed by atoms with Crippen LogP contribution in [-0.4, -0.2) is 0 Å². The van der Waals surface area contributed by atoms with E-state index in [0.29, 0.717) is 0 Å². The van der Waals surface area contributed by atoms with Crippen molar-refractivity contribution < 1.29 is 0 Å². The zero-order chi connectivity index (χ0) is 31.7. The Balaban J connectivity index is 1.26. The number of anilines is 3. The van der Waals surface area contributed by atoms with Crippen molar-refractivity contribution in [1.29, 1.82) is 0 Å². The zero-order valence-corrected chi connectivity index (χ0v) is 27.2. The van der Waals surface area contributed by atoms with Gasteiger partial charge in [0, 0.05) is 27.8 Å². The van der Waals surface area contributed by atoms with Gasteiger partial charge in [0.05, 0.1) is 5.69 Å². The van der Waals surface area contributed by atoms with E-state index < -0.39 is 0 Å². The summed E-state index contributed by atoms with van der Waals surface area (Å²) in [6, 6.07) is 52.5. The largest absolute Gasteiger partial charge is 0.310 e. The molecule has 10 rings (SSSR count). The average molecular weight is 602 g/mol. The highest BCUT2D eigenvalue weighted by molar-refractivity contribution is 6.19. The lowest BCUT2D eigenvalue weighted by Gasteiger charge is -2.31. The lowest BCUT2D eigenvalue weighted by molar-refractivity contribution is 0.660. The van der Waals surface area contributed by atoms with Crippen LogP contribution in [0.15, 0.2) is 140 Å². The second kappa shape index (κ2) is 9.11. The Hall–Kier alpha value is -5.40. The molecule has 0 spiro atoms. The predicted octanol–water partition coefficient (Wildman–Crippen LogP) is 12.6. The standard InChI is InChI=1S/C46H35N/c1-45(2)38-18-9-7-14-32(38)34-23-21-29(26-40(34)45)47(30-22-24-35-33-15-8-10-19-39(33)46(3,4)41(35)27-30)42-25-20-28-12-11-17-36-31-13-5-6-16-37(31)44(42)43(28)36/h5-27H,1-4H3. The van der Waals surface area contributed by atoms with Gasteiger partial charge < -0.3 is 4.90 Å². The van der Waals surface area contributed by atoms with Crippen molar-refractivity contribution in [1.82, 2.24) is 0 Å². The maximum atomic E-state index is 2.53. The van der Waals surface area contributed by atoms with Crippen molar-refractivity contribution in [3.8, 4) is 44.5 Å². The summed E-state index contributed by atoms with van der Waals surface area (Å²) in [4.78, 5) is 2.53. The molecule has 0 radical (unpaired) electrons. The van der Waals surface area contributed by atoms with Crippen molar-refractivity contribution in [2.75, 3.05) is 4.90 Å². The molecule has 0 saturated heterocycles. The lowest BCUT2D eigenvalue weighted by atomic mass is 9.82. The molecule has 0 bridgehead atoms. The Kier molecular flexibility index (Phi) is 5.19. The van der Waals surface area contributed by atoms with Gasteiger partial charge in [-0.25, -0.2) is 0 Å². The molecule has 7 aromatic rings. The van der Waals surface area contributed by atoms with Crippen molar-refractivity contribution >= 4 is 27.8 Å². The third kappa shape index (κ3) is 3.44. The van der Waals surface area contributed by atoms with Gasteiger partial charge in [0.1, 0.15) is 0 Å².